The minimum absolute atomic E-state index is 0.180. The van der Waals surface area contributed by atoms with Crippen LogP contribution < -0.4 is 4.74 Å². The van der Waals surface area contributed by atoms with Gasteiger partial charge in [0.2, 0.25) is 15.9 Å². The molecule has 1 aromatic rings. The number of ether oxygens (including phenoxy) is 1. The summed E-state index contributed by atoms with van der Waals surface area (Å²) in [7, 11) is -3.56. The molecule has 7 heteroatoms. The Kier molecular flexibility index (Phi) is 5.06. The first kappa shape index (κ1) is 18.2. The van der Waals surface area contributed by atoms with Crippen molar-refractivity contribution in [3.63, 3.8) is 0 Å². The van der Waals surface area contributed by atoms with E-state index in [0.717, 1.165) is 24.2 Å². The molecule has 1 aromatic carbocycles. The Morgan fingerprint density at radius 2 is 1.76 bits per heavy atom. The smallest absolute Gasteiger partial charge is 0.243 e. The van der Waals surface area contributed by atoms with Crippen LogP contribution in [0, 0.1) is 19.8 Å². The molecular weight excluding hydrogens is 340 g/mol. The van der Waals surface area contributed by atoms with Gasteiger partial charge in [-0.25, -0.2) is 8.42 Å². The number of piperazine rings is 1. The molecule has 1 aliphatic carbocycles. The molecule has 2 aliphatic rings. The molecule has 138 valence electrons. The zero-order chi connectivity index (χ0) is 18.2. The van der Waals surface area contributed by atoms with Gasteiger partial charge in [0.15, 0.2) is 0 Å². The van der Waals surface area contributed by atoms with Crippen molar-refractivity contribution < 1.29 is 17.9 Å². The summed E-state index contributed by atoms with van der Waals surface area (Å²) in [5.41, 5.74) is 1.50. The number of sulfonamides is 1. The van der Waals surface area contributed by atoms with E-state index in [4.69, 9.17) is 4.74 Å². The molecule has 1 heterocycles. The molecule has 0 spiro atoms. The van der Waals surface area contributed by atoms with E-state index in [9.17, 15) is 13.2 Å². The zero-order valence-corrected chi connectivity index (χ0v) is 15.9. The monoisotopic (exact) mass is 366 g/mol. The van der Waals surface area contributed by atoms with Crippen molar-refractivity contribution in [3.05, 3.63) is 23.3 Å². The minimum atomic E-state index is -3.56. The van der Waals surface area contributed by atoms with Crippen LogP contribution in [0.1, 0.15) is 30.9 Å². The number of rotatable bonds is 5. The van der Waals surface area contributed by atoms with Crippen molar-refractivity contribution in [2.75, 3.05) is 32.8 Å². The molecule has 1 aliphatic heterocycles. The van der Waals surface area contributed by atoms with Gasteiger partial charge in [0.1, 0.15) is 5.75 Å². The maximum atomic E-state index is 13.0. The second-order valence-corrected chi connectivity index (χ2v) is 8.73. The average molecular weight is 366 g/mol. The largest absolute Gasteiger partial charge is 0.494 e. The van der Waals surface area contributed by atoms with Gasteiger partial charge in [-0.1, -0.05) is 0 Å². The van der Waals surface area contributed by atoms with E-state index in [1.54, 1.807) is 24.0 Å². The molecule has 3 rings (SSSR count). The molecule has 0 unspecified atom stereocenters. The van der Waals surface area contributed by atoms with Gasteiger partial charge in [0.05, 0.1) is 11.5 Å². The second-order valence-electron chi connectivity index (χ2n) is 6.82. The average Bonchev–Trinajstić information content (AvgIpc) is 3.42. The van der Waals surface area contributed by atoms with Crippen molar-refractivity contribution in [2.45, 2.75) is 38.5 Å². The Balaban J connectivity index is 1.76. The third kappa shape index (κ3) is 3.67. The van der Waals surface area contributed by atoms with Crippen LogP contribution in [0.5, 0.6) is 5.75 Å². The summed E-state index contributed by atoms with van der Waals surface area (Å²) in [5.74, 6) is 1.09. The Morgan fingerprint density at radius 3 is 2.32 bits per heavy atom. The summed E-state index contributed by atoms with van der Waals surface area (Å²) < 4.78 is 33.1. The summed E-state index contributed by atoms with van der Waals surface area (Å²) >= 11 is 0. The van der Waals surface area contributed by atoms with Crippen molar-refractivity contribution in [1.29, 1.82) is 0 Å². The number of aryl methyl sites for hydroxylation is 2. The van der Waals surface area contributed by atoms with Gasteiger partial charge in [-0.15, -0.1) is 0 Å². The van der Waals surface area contributed by atoms with Crippen LogP contribution in [0.3, 0.4) is 0 Å². The molecule has 0 aromatic heterocycles. The molecule has 25 heavy (non-hydrogen) atoms. The van der Waals surface area contributed by atoms with Gasteiger partial charge in [0.25, 0.3) is 0 Å². The maximum Gasteiger partial charge on any atom is 0.243 e. The fourth-order valence-electron chi connectivity index (χ4n) is 3.23. The zero-order valence-electron chi connectivity index (χ0n) is 15.1. The molecule has 1 amide bonds. The van der Waals surface area contributed by atoms with Gasteiger partial charge in [-0.2, -0.15) is 4.31 Å². The molecule has 1 saturated heterocycles. The highest BCUT2D eigenvalue weighted by molar-refractivity contribution is 7.89. The number of nitrogens with zero attached hydrogens (tertiary/aromatic N) is 2. The topological polar surface area (TPSA) is 66.9 Å². The summed E-state index contributed by atoms with van der Waals surface area (Å²) in [6.45, 7) is 7.76. The highest BCUT2D eigenvalue weighted by Crippen LogP contribution is 2.32. The number of amides is 1. The summed E-state index contributed by atoms with van der Waals surface area (Å²) in [6.07, 6.45) is 1.95. The Hall–Kier alpha value is -1.60. The highest BCUT2D eigenvalue weighted by Gasteiger charge is 2.37. The van der Waals surface area contributed by atoms with Crippen LogP contribution in [0.2, 0.25) is 0 Å². The van der Waals surface area contributed by atoms with E-state index in [0.29, 0.717) is 43.2 Å². The third-order valence-corrected chi connectivity index (χ3v) is 6.91. The summed E-state index contributed by atoms with van der Waals surface area (Å²) in [5, 5.41) is 0. The van der Waals surface area contributed by atoms with E-state index in [1.807, 2.05) is 13.8 Å². The van der Waals surface area contributed by atoms with E-state index < -0.39 is 10.0 Å². The lowest BCUT2D eigenvalue weighted by atomic mass is 10.1. The first-order valence-electron chi connectivity index (χ1n) is 8.87. The Morgan fingerprint density at radius 1 is 1.12 bits per heavy atom. The normalized spacial score (nSPS) is 19.1. The SMILES string of the molecule is CCOc1cc(C)c(S(=O)(=O)N2CCN(C(=O)C3CC3)CC2)cc1C. The molecule has 0 N–H and O–H groups in total. The van der Waals surface area contributed by atoms with Crippen molar-refractivity contribution in [3.8, 4) is 5.75 Å². The number of carbonyl (C=O) groups is 1. The lowest BCUT2D eigenvalue weighted by Gasteiger charge is -2.34. The third-order valence-electron chi connectivity index (χ3n) is 4.87. The van der Waals surface area contributed by atoms with E-state index in [-0.39, 0.29) is 11.8 Å². The van der Waals surface area contributed by atoms with Crippen molar-refractivity contribution >= 4 is 15.9 Å². The fraction of sp³-hybridized carbons (Fsp3) is 0.611. The van der Waals surface area contributed by atoms with Crippen LogP contribution in [-0.2, 0) is 14.8 Å². The minimum Gasteiger partial charge on any atom is -0.494 e. The van der Waals surface area contributed by atoms with Crippen LogP contribution in [0.15, 0.2) is 17.0 Å². The summed E-state index contributed by atoms with van der Waals surface area (Å²) in [4.78, 5) is 14.3. The molecule has 0 radical (unpaired) electrons. The lowest BCUT2D eigenvalue weighted by Crippen LogP contribution is -2.51. The second kappa shape index (κ2) is 6.96. The summed E-state index contributed by atoms with van der Waals surface area (Å²) in [6, 6.07) is 3.48. The predicted octanol–water partition coefficient (Wildman–Crippen LogP) is 1.95. The Bertz CT molecular complexity index is 764. The number of hydrogen-bond donors (Lipinski definition) is 0. The standard InChI is InChI=1S/C18H26N2O4S/c1-4-24-16-11-14(3)17(12-13(16)2)25(22,23)20-9-7-19(8-10-20)18(21)15-5-6-15/h11-12,15H,4-10H2,1-3H3. The van der Waals surface area contributed by atoms with Crippen LogP contribution in [-0.4, -0.2) is 56.3 Å². The molecule has 6 nitrogen and oxygen atoms in total. The quantitative estimate of drug-likeness (QED) is 0.799. The van der Waals surface area contributed by atoms with Gasteiger partial charge in [0, 0.05) is 32.1 Å². The first-order chi connectivity index (χ1) is 11.8. The number of hydrogen-bond acceptors (Lipinski definition) is 4. The van der Waals surface area contributed by atoms with Gasteiger partial charge in [-0.05, 0) is 56.9 Å². The molecule has 0 atom stereocenters. The number of benzene rings is 1. The van der Waals surface area contributed by atoms with Crippen molar-refractivity contribution in [1.82, 2.24) is 9.21 Å². The van der Waals surface area contributed by atoms with Gasteiger partial charge < -0.3 is 9.64 Å². The maximum absolute atomic E-state index is 13.0. The lowest BCUT2D eigenvalue weighted by molar-refractivity contribution is -0.133. The van der Waals surface area contributed by atoms with E-state index >= 15 is 0 Å². The highest BCUT2D eigenvalue weighted by atomic mass is 32.2. The van der Waals surface area contributed by atoms with E-state index in [1.165, 1.54) is 4.31 Å². The molecule has 0 bridgehead atoms. The molecule has 1 saturated carbocycles. The fourth-order valence-corrected chi connectivity index (χ4v) is 4.94. The van der Waals surface area contributed by atoms with Gasteiger partial charge in [-0.3, -0.25) is 4.79 Å². The van der Waals surface area contributed by atoms with Gasteiger partial charge >= 0.3 is 0 Å². The Labute approximate surface area is 149 Å². The van der Waals surface area contributed by atoms with Crippen LogP contribution in [0.25, 0.3) is 0 Å². The van der Waals surface area contributed by atoms with Crippen LogP contribution in [0.4, 0.5) is 0 Å². The predicted molar refractivity (Wildman–Crippen MR) is 95.1 cm³/mol. The first-order valence-corrected chi connectivity index (χ1v) is 10.3. The molecule has 2 fully saturated rings. The van der Waals surface area contributed by atoms with E-state index in [2.05, 4.69) is 0 Å². The van der Waals surface area contributed by atoms with Crippen LogP contribution >= 0.6 is 0 Å². The number of carbonyl (C=O) groups excluding carboxylic acids is 1. The molecular formula is C18H26N2O4S. The van der Waals surface area contributed by atoms with Crippen molar-refractivity contribution in [2.24, 2.45) is 5.92 Å².